The minimum atomic E-state index is 0.0318. The Balaban J connectivity index is 0.947. The van der Waals surface area contributed by atoms with Crippen LogP contribution in [0.4, 0.5) is 0 Å². The summed E-state index contributed by atoms with van der Waals surface area (Å²) in [4.78, 5) is 0. The molecule has 4 aromatic heterocycles. The van der Waals surface area contributed by atoms with Gasteiger partial charge in [0.15, 0.2) is 0 Å². The zero-order chi connectivity index (χ0) is 45.9. The zero-order valence-electron chi connectivity index (χ0n) is 38.0. The third kappa shape index (κ3) is 5.60. The Kier molecular flexibility index (Phi) is 8.36. The Morgan fingerprint density at radius 2 is 0.757 bits per heavy atom. The van der Waals surface area contributed by atoms with Gasteiger partial charge >= 0.3 is 0 Å². The van der Waals surface area contributed by atoms with Gasteiger partial charge in [0.05, 0.1) is 50.2 Å². The van der Waals surface area contributed by atoms with E-state index in [2.05, 4.69) is 272 Å². The zero-order valence-corrected chi connectivity index (χ0v) is 38.0. The standard InChI is InChI=1S/C65H43N5/c1-3-18-42(19-4-1)54-30-17-31-55(66-54)43-20-15-23-45(40-43)67-58-34-13-9-28-52(58)63-60(67)38-37-51-49-27-8-12-33-57(49)70(65(51)63)47-25-16-24-46(41-47)68-59-35-14-10-29-53(59)62-61(68)39-36-50-48-26-7-11-32-56(48)69(64(50)62)44-21-5-2-6-22-44/h1-41,55,66H. The van der Waals surface area contributed by atoms with Crippen LogP contribution < -0.4 is 5.32 Å². The maximum Gasteiger partial charge on any atom is 0.0702 e. The van der Waals surface area contributed by atoms with Crippen molar-refractivity contribution in [2.45, 2.75) is 6.04 Å². The minimum Gasteiger partial charge on any atom is -0.374 e. The lowest BCUT2D eigenvalue weighted by molar-refractivity contribution is 0.763. The average Bonchev–Trinajstić information content (AvgIpc) is 4.17. The Morgan fingerprint density at radius 3 is 1.34 bits per heavy atom. The Labute approximate surface area is 403 Å². The van der Waals surface area contributed by atoms with E-state index in [4.69, 9.17) is 0 Å². The van der Waals surface area contributed by atoms with Gasteiger partial charge in [0.25, 0.3) is 0 Å². The second-order valence-electron chi connectivity index (χ2n) is 18.5. The Morgan fingerprint density at radius 1 is 0.314 bits per heavy atom. The SMILES string of the molecule is C1=CC(c2cccc(-n3c4ccccc4c4c3ccc3c5ccccc5n(-c5cccc(-n6c7ccccc7c7c6ccc6c8ccccc8n(-c8ccccc8)c67)c5)c34)c2)NC(c2ccccc2)=C1. The first-order chi connectivity index (χ1) is 34.8. The lowest BCUT2D eigenvalue weighted by Crippen LogP contribution is -2.20. The number of benzene rings is 10. The van der Waals surface area contributed by atoms with E-state index in [1.807, 2.05) is 0 Å². The number of nitrogens with one attached hydrogen (secondary N) is 1. The normalized spacial score (nSPS) is 14.0. The van der Waals surface area contributed by atoms with Crippen LogP contribution in [0.25, 0.3) is 116 Å². The van der Waals surface area contributed by atoms with Crippen LogP contribution >= 0.6 is 0 Å². The van der Waals surface area contributed by atoms with Crippen LogP contribution in [0.15, 0.2) is 249 Å². The van der Waals surface area contributed by atoms with Gasteiger partial charge in [-0.05, 0) is 96.1 Å². The number of aromatic nitrogens is 4. The van der Waals surface area contributed by atoms with Gasteiger partial charge in [0.2, 0.25) is 0 Å². The molecule has 5 nitrogen and oxygen atoms in total. The highest BCUT2D eigenvalue weighted by Crippen LogP contribution is 2.45. The average molecular weight is 894 g/mol. The van der Waals surface area contributed by atoms with E-state index in [0.717, 1.165) is 28.4 Å². The maximum absolute atomic E-state index is 3.81. The molecule has 0 aliphatic carbocycles. The van der Waals surface area contributed by atoms with Gasteiger partial charge in [0, 0.05) is 71.5 Å². The quantitative estimate of drug-likeness (QED) is 0.177. The number of hydrogen-bond acceptors (Lipinski definition) is 1. The van der Waals surface area contributed by atoms with Crippen molar-refractivity contribution in [3.05, 3.63) is 260 Å². The van der Waals surface area contributed by atoms with Gasteiger partial charge in [-0.25, -0.2) is 0 Å². The van der Waals surface area contributed by atoms with Gasteiger partial charge < -0.3 is 23.6 Å². The van der Waals surface area contributed by atoms with Crippen LogP contribution in [0.5, 0.6) is 0 Å². The summed E-state index contributed by atoms with van der Waals surface area (Å²) in [6, 6.07) is 84.5. The van der Waals surface area contributed by atoms with Gasteiger partial charge in [-0.1, -0.05) is 164 Å². The van der Waals surface area contributed by atoms with Crippen molar-refractivity contribution in [2.75, 3.05) is 0 Å². The van der Waals surface area contributed by atoms with Gasteiger partial charge in [-0.2, -0.15) is 0 Å². The van der Waals surface area contributed by atoms with Crippen molar-refractivity contribution in [1.29, 1.82) is 0 Å². The number of rotatable bonds is 6. The fourth-order valence-electron chi connectivity index (χ4n) is 11.8. The van der Waals surface area contributed by atoms with Crippen LogP contribution in [-0.4, -0.2) is 18.3 Å². The molecule has 1 atom stereocenters. The third-order valence-electron chi connectivity index (χ3n) is 14.8. The largest absolute Gasteiger partial charge is 0.374 e. The van der Waals surface area contributed by atoms with E-state index >= 15 is 0 Å². The molecule has 0 spiro atoms. The fourth-order valence-corrected chi connectivity index (χ4v) is 11.8. The van der Waals surface area contributed by atoms with E-state index in [0.29, 0.717) is 0 Å². The van der Waals surface area contributed by atoms with Gasteiger partial charge in [-0.15, -0.1) is 0 Å². The fraction of sp³-hybridized carbons (Fsp3) is 0.0154. The highest BCUT2D eigenvalue weighted by molar-refractivity contribution is 6.27. The molecule has 0 bridgehead atoms. The smallest absolute Gasteiger partial charge is 0.0702 e. The van der Waals surface area contributed by atoms with Crippen LogP contribution in [0.2, 0.25) is 0 Å². The molecular formula is C65H43N5. The molecule has 328 valence electrons. The summed E-state index contributed by atoms with van der Waals surface area (Å²) in [5.74, 6) is 0. The Hall–Kier alpha value is -9.32. The highest BCUT2D eigenvalue weighted by atomic mass is 15.0. The molecular weight excluding hydrogens is 851 g/mol. The lowest BCUT2D eigenvalue weighted by atomic mass is 10.0. The molecule has 14 aromatic rings. The van der Waals surface area contributed by atoms with Crippen LogP contribution in [0.3, 0.4) is 0 Å². The molecule has 1 unspecified atom stereocenters. The highest BCUT2D eigenvalue weighted by Gasteiger charge is 2.24. The summed E-state index contributed by atoms with van der Waals surface area (Å²) < 4.78 is 9.90. The molecule has 0 fully saturated rings. The number of allylic oxidation sites excluding steroid dienone is 2. The summed E-state index contributed by atoms with van der Waals surface area (Å²) in [7, 11) is 0. The van der Waals surface area contributed by atoms with Crippen molar-refractivity contribution in [3.63, 3.8) is 0 Å². The van der Waals surface area contributed by atoms with E-state index in [1.165, 1.54) is 98.4 Å². The molecule has 0 amide bonds. The van der Waals surface area contributed by atoms with E-state index in [1.54, 1.807) is 0 Å². The van der Waals surface area contributed by atoms with Crippen molar-refractivity contribution in [3.8, 4) is 22.7 Å². The Bertz CT molecular complexity index is 4500. The lowest BCUT2D eigenvalue weighted by Gasteiger charge is -2.23. The van der Waals surface area contributed by atoms with Crippen molar-refractivity contribution < 1.29 is 0 Å². The van der Waals surface area contributed by atoms with Gasteiger partial charge in [-0.3, -0.25) is 0 Å². The predicted octanol–water partition coefficient (Wildman–Crippen LogP) is 16.3. The molecule has 15 rings (SSSR count). The van der Waals surface area contributed by atoms with Crippen LogP contribution in [-0.2, 0) is 0 Å². The number of fused-ring (bicyclic) bond motifs is 14. The molecule has 0 saturated heterocycles. The first kappa shape index (κ1) is 38.8. The van der Waals surface area contributed by atoms with Crippen molar-refractivity contribution >= 4 is 92.9 Å². The molecule has 1 aliphatic heterocycles. The van der Waals surface area contributed by atoms with Crippen molar-refractivity contribution in [1.82, 2.24) is 23.6 Å². The molecule has 0 saturated carbocycles. The number of hydrogen-bond donors (Lipinski definition) is 1. The number of para-hydroxylation sites is 5. The van der Waals surface area contributed by atoms with E-state index in [-0.39, 0.29) is 6.04 Å². The molecule has 70 heavy (non-hydrogen) atoms. The molecule has 5 heteroatoms. The summed E-state index contributed by atoms with van der Waals surface area (Å²) in [6.45, 7) is 0. The molecule has 5 heterocycles. The third-order valence-corrected chi connectivity index (χ3v) is 14.8. The summed E-state index contributed by atoms with van der Waals surface area (Å²) in [5, 5.41) is 13.7. The summed E-state index contributed by atoms with van der Waals surface area (Å²) >= 11 is 0. The van der Waals surface area contributed by atoms with Crippen LogP contribution in [0, 0.1) is 0 Å². The monoisotopic (exact) mass is 893 g/mol. The first-order valence-corrected chi connectivity index (χ1v) is 24.1. The van der Waals surface area contributed by atoms with E-state index in [9.17, 15) is 0 Å². The topological polar surface area (TPSA) is 31.8 Å². The molecule has 1 N–H and O–H groups in total. The molecule has 0 radical (unpaired) electrons. The second-order valence-corrected chi connectivity index (χ2v) is 18.5. The van der Waals surface area contributed by atoms with Gasteiger partial charge in [0.1, 0.15) is 0 Å². The number of dihydropyridines is 1. The minimum absolute atomic E-state index is 0.0318. The second kappa shape index (κ2) is 15.1. The first-order valence-electron chi connectivity index (χ1n) is 24.1. The van der Waals surface area contributed by atoms with E-state index < -0.39 is 0 Å². The van der Waals surface area contributed by atoms with Crippen LogP contribution in [0.1, 0.15) is 17.2 Å². The predicted molar refractivity (Wildman–Crippen MR) is 293 cm³/mol. The summed E-state index contributed by atoms with van der Waals surface area (Å²) in [6.07, 6.45) is 6.58. The van der Waals surface area contributed by atoms with Crippen molar-refractivity contribution in [2.24, 2.45) is 0 Å². The summed E-state index contributed by atoms with van der Waals surface area (Å²) in [5.41, 5.74) is 17.5. The number of nitrogens with zero attached hydrogens (tertiary/aromatic N) is 4. The molecule has 1 aliphatic rings. The maximum atomic E-state index is 3.81. The molecule has 10 aromatic carbocycles.